The van der Waals surface area contributed by atoms with Crippen molar-refractivity contribution in [1.29, 1.82) is 0 Å². The SMILES string of the molecule is Fc1ccccc1COc1ccc(/C=N\Nc2nc3ccccc3s2)cc1. The van der Waals surface area contributed by atoms with E-state index in [1.807, 2.05) is 48.5 Å². The van der Waals surface area contributed by atoms with Gasteiger partial charge >= 0.3 is 0 Å². The Morgan fingerprint density at radius 3 is 2.59 bits per heavy atom. The predicted octanol–water partition coefficient (Wildman–Crippen LogP) is 5.46. The van der Waals surface area contributed by atoms with Crippen molar-refractivity contribution < 1.29 is 9.13 Å². The molecule has 0 saturated heterocycles. The van der Waals surface area contributed by atoms with Gasteiger partial charge in [0.05, 0.1) is 16.4 Å². The Bertz CT molecular complexity index is 1040. The van der Waals surface area contributed by atoms with Gasteiger partial charge in [-0.1, -0.05) is 41.7 Å². The van der Waals surface area contributed by atoms with Crippen LogP contribution in [0.1, 0.15) is 11.1 Å². The monoisotopic (exact) mass is 377 g/mol. The number of benzene rings is 3. The fourth-order valence-electron chi connectivity index (χ4n) is 2.51. The first-order chi connectivity index (χ1) is 13.3. The summed E-state index contributed by atoms with van der Waals surface area (Å²) >= 11 is 1.55. The lowest BCUT2D eigenvalue weighted by molar-refractivity contribution is 0.300. The van der Waals surface area contributed by atoms with Crippen LogP contribution in [0, 0.1) is 5.82 Å². The number of nitrogens with zero attached hydrogens (tertiary/aromatic N) is 2. The highest BCUT2D eigenvalue weighted by Crippen LogP contribution is 2.25. The Kier molecular flexibility index (Phi) is 5.07. The maximum Gasteiger partial charge on any atom is 0.204 e. The number of anilines is 1. The van der Waals surface area contributed by atoms with Crippen LogP contribution in [-0.2, 0) is 6.61 Å². The van der Waals surface area contributed by atoms with E-state index in [2.05, 4.69) is 15.5 Å². The first-order valence-corrected chi connectivity index (χ1v) is 9.20. The Morgan fingerprint density at radius 1 is 1.00 bits per heavy atom. The summed E-state index contributed by atoms with van der Waals surface area (Å²) < 4.78 is 20.3. The Labute approximate surface area is 160 Å². The summed E-state index contributed by atoms with van der Waals surface area (Å²) in [7, 11) is 0. The molecule has 0 unspecified atom stereocenters. The summed E-state index contributed by atoms with van der Waals surface area (Å²) in [4.78, 5) is 4.46. The highest BCUT2D eigenvalue weighted by molar-refractivity contribution is 7.22. The van der Waals surface area contributed by atoms with Gasteiger partial charge in [-0.15, -0.1) is 0 Å². The number of ether oxygens (including phenoxy) is 1. The minimum atomic E-state index is -0.262. The largest absolute Gasteiger partial charge is 0.489 e. The third kappa shape index (κ3) is 4.30. The fourth-order valence-corrected chi connectivity index (χ4v) is 3.32. The lowest BCUT2D eigenvalue weighted by Gasteiger charge is -2.07. The highest BCUT2D eigenvalue weighted by Gasteiger charge is 2.02. The predicted molar refractivity (Wildman–Crippen MR) is 108 cm³/mol. The maximum absolute atomic E-state index is 13.6. The van der Waals surface area contributed by atoms with Gasteiger partial charge in [0.15, 0.2) is 0 Å². The second-order valence-electron chi connectivity index (χ2n) is 5.81. The first kappa shape index (κ1) is 17.2. The number of fused-ring (bicyclic) bond motifs is 1. The van der Waals surface area contributed by atoms with Crippen molar-refractivity contribution in [2.75, 3.05) is 5.43 Å². The number of halogens is 1. The number of hydrogen-bond acceptors (Lipinski definition) is 5. The molecule has 1 aromatic heterocycles. The van der Waals surface area contributed by atoms with E-state index in [4.69, 9.17) is 4.74 Å². The van der Waals surface area contributed by atoms with E-state index in [1.165, 1.54) is 6.07 Å². The van der Waals surface area contributed by atoms with E-state index >= 15 is 0 Å². The molecule has 3 aromatic carbocycles. The molecule has 0 radical (unpaired) electrons. The van der Waals surface area contributed by atoms with Crippen molar-refractivity contribution in [3.63, 3.8) is 0 Å². The molecule has 0 saturated carbocycles. The summed E-state index contributed by atoms with van der Waals surface area (Å²) in [6.45, 7) is 0.194. The molecule has 0 aliphatic heterocycles. The maximum atomic E-state index is 13.6. The van der Waals surface area contributed by atoms with E-state index in [0.29, 0.717) is 11.3 Å². The molecule has 0 atom stereocenters. The van der Waals surface area contributed by atoms with Gasteiger partial charge < -0.3 is 4.74 Å². The molecule has 4 rings (SSSR count). The lowest BCUT2D eigenvalue weighted by Crippen LogP contribution is -1.98. The van der Waals surface area contributed by atoms with Gasteiger partial charge in [-0.2, -0.15) is 5.10 Å². The molecule has 0 bridgehead atoms. The molecule has 27 heavy (non-hydrogen) atoms. The topological polar surface area (TPSA) is 46.5 Å². The van der Waals surface area contributed by atoms with Crippen LogP contribution in [0.5, 0.6) is 5.75 Å². The second-order valence-corrected chi connectivity index (χ2v) is 6.84. The number of hydrazone groups is 1. The molecule has 134 valence electrons. The number of nitrogens with one attached hydrogen (secondary N) is 1. The highest BCUT2D eigenvalue weighted by atomic mass is 32.1. The molecule has 1 N–H and O–H groups in total. The van der Waals surface area contributed by atoms with E-state index in [1.54, 1.807) is 35.8 Å². The molecule has 6 heteroatoms. The van der Waals surface area contributed by atoms with Crippen molar-refractivity contribution >= 4 is 32.9 Å². The number of aromatic nitrogens is 1. The van der Waals surface area contributed by atoms with Gasteiger partial charge in [-0.25, -0.2) is 9.37 Å². The summed E-state index contributed by atoms with van der Waals surface area (Å²) in [5.74, 6) is 0.414. The third-order valence-electron chi connectivity index (χ3n) is 3.90. The lowest BCUT2D eigenvalue weighted by atomic mass is 10.2. The van der Waals surface area contributed by atoms with Crippen LogP contribution in [0.15, 0.2) is 77.9 Å². The van der Waals surface area contributed by atoms with Gasteiger partial charge in [0.25, 0.3) is 0 Å². The molecule has 4 nitrogen and oxygen atoms in total. The van der Waals surface area contributed by atoms with E-state index in [9.17, 15) is 4.39 Å². The standard InChI is InChI=1S/C21H16FN3OS/c22-18-6-2-1-5-16(18)14-26-17-11-9-15(10-12-17)13-23-25-21-24-19-7-3-4-8-20(19)27-21/h1-13H,14H2,(H,24,25)/b23-13-. The van der Waals surface area contributed by atoms with Crippen molar-refractivity contribution in [3.05, 3.63) is 89.7 Å². The smallest absolute Gasteiger partial charge is 0.204 e. The molecule has 0 aliphatic carbocycles. The van der Waals surface area contributed by atoms with E-state index < -0.39 is 0 Å². The molecule has 4 aromatic rings. The van der Waals surface area contributed by atoms with E-state index in [-0.39, 0.29) is 12.4 Å². The van der Waals surface area contributed by atoms with Gasteiger partial charge in [0.1, 0.15) is 18.2 Å². The van der Waals surface area contributed by atoms with Gasteiger partial charge in [0, 0.05) is 5.56 Å². The van der Waals surface area contributed by atoms with Crippen molar-refractivity contribution in [3.8, 4) is 5.75 Å². The number of para-hydroxylation sites is 1. The van der Waals surface area contributed by atoms with Crippen LogP contribution in [0.2, 0.25) is 0 Å². The molecule has 0 spiro atoms. The van der Waals surface area contributed by atoms with Crippen LogP contribution in [-0.4, -0.2) is 11.2 Å². The summed E-state index contributed by atoms with van der Waals surface area (Å²) in [5, 5.41) is 4.97. The number of rotatable bonds is 6. The molecule has 0 amide bonds. The van der Waals surface area contributed by atoms with Crippen LogP contribution in [0.4, 0.5) is 9.52 Å². The average Bonchev–Trinajstić information content (AvgIpc) is 3.11. The minimum absolute atomic E-state index is 0.194. The van der Waals surface area contributed by atoms with Crippen molar-refractivity contribution in [2.45, 2.75) is 6.61 Å². The Hall–Kier alpha value is -3.25. The minimum Gasteiger partial charge on any atom is -0.489 e. The summed E-state index contributed by atoms with van der Waals surface area (Å²) in [6.07, 6.45) is 1.71. The average molecular weight is 377 g/mol. The quantitative estimate of drug-likeness (QED) is 0.358. The number of hydrogen-bond donors (Lipinski definition) is 1. The number of thiazole rings is 1. The van der Waals surface area contributed by atoms with Crippen LogP contribution < -0.4 is 10.2 Å². The normalized spacial score (nSPS) is 11.1. The Morgan fingerprint density at radius 2 is 1.78 bits per heavy atom. The van der Waals surface area contributed by atoms with Gasteiger partial charge in [-0.05, 0) is 48.0 Å². The molecular weight excluding hydrogens is 361 g/mol. The summed E-state index contributed by atoms with van der Waals surface area (Å²) in [6, 6.07) is 22.0. The zero-order valence-corrected chi connectivity index (χ0v) is 15.1. The van der Waals surface area contributed by atoms with Gasteiger partial charge in [0.2, 0.25) is 5.13 Å². The molecule has 1 heterocycles. The second kappa shape index (κ2) is 7.97. The molecular formula is C21H16FN3OS. The third-order valence-corrected chi connectivity index (χ3v) is 4.84. The van der Waals surface area contributed by atoms with E-state index in [0.717, 1.165) is 20.9 Å². The summed E-state index contributed by atoms with van der Waals surface area (Å²) in [5.41, 5.74) is 5.36. The van der Waals surface area contributed by atoms with Crippen molar-refractivity contribution in [2.24, 2.45) is 5.10 Å². The van der Waals surface area contributed by atoms with Crippen LogP contribution in [0.25, 0.3) is 10.2 Å². The zero-order valence-electron chi connectivity index (χ0n) is 14.3. The van der Waals surface area contributed by atoms with Gasteiger partial charge in [-0.3, -0.25) is 5.43 Å². The zero-order chi connectivity index (χ0) is 18.5. The fraction of sp³-hybridized carbons (Fsp3) is 0.0476. The van der Waals surface area contributed by atoms with Crippen LogP contribution in [0.3, 0.4) is 0 Å². The molecule has 0 fully saturated rings. The Balaban J connectivity index is 1.34. The molecule has 0 aliphatic rings. The van der Waals surface area contributed by atoms with Crippen molar-refractivity contribution in [1.82, 2.24) is 4.98 Å². The first-order valence-electron chi connectivity index (χ1n) is 8.39. The van der Waals surface area contributed by atoms with Crippen LogP contribution >= 0.6 is 11.3 Å².